The molecular formula is C18H24N4O10. The Morgan fingerprint density at radius 2 is 1.75 bits per heavy atom. The molecule has 0 aromatic heterocycles. The summed E-state index contributed by atoms with van der Waals surface area (Å²) in [7, 11) is 1.08. The first-order valence-corrected chi connectivity index (χ1v) is 9.26. The van der Waals surface area contributed by atoms with E-state index in [0.29, 0.717) is 0 Å². The lowest BCUT2D eigenvalue weighted by atomic mass is 9.92. The first-order chi connectivity index (χ1) is 15.0. The van der Waals surface area contributed by atoms with Gasteiger partial charge in [0.2, 0.25) is 11.7 Å². The van der Waals surface area contributed by atoms with Gasteiger partial charge in [0.25, 0.3) is 0 Å². The summed E-state index contributed by atoms with van der Waals surface area (Å²) in [4.78, 5) is 61.4. The lowest BCUT2D eigenvalue weighted by Gasteiger charge is -2.40. The van der Waals surface area contributed by atoms with Gasteiger partial charge in [0.1, 0.15) is 6.61 Å². The van der Waals surface area contributed by atoms with Crippen LogP contribution in [0, 0.1) is 0 Å². The Morgan fingerprint density at radius 3 is 2.22 bits per heavy atom. The molecule has 1 rings (SSSR count). The standard InChI is InChI=1S/C18H24N4O10/c1-8(23)20-15-12(21-22-19)6-13(18(27)28-5)32-17(15)16(31-11(4)26)14(30-10(3)25)7-29-9(2)24/h6,12,14-17H,7H2,1-5H3,(H,20,23)/t12-,14-,15+,16-,17+/m0/s1. The second-order valence-corrected chi connectivity index (χ2v) is 6.55. The fraction of sp³-hybridized carbons (Fsp3) is 0.611. The molecule has 0 aliphatic carbocycles. The van der Waals surface area contributed by atoms with E-state index in [9.17, 15) is 24.0 Å². The van der Waals surface area contributed by atoms with Crippen LogP contribution in [-0.2, 0) is 47.7 Å². The van der Waals surface area contributed by atoms with E-state index in [4.69, 9.17) is 24.5 Å². The normalized spacial score (nSPS) is 21.3. The van der Waals surface area contributed by atoms with Crippen molar-refractivity contribution in [2.75, 3.05) is 13.7 Å². The van der Waals surface area contributed by atoms with Gasteiger partial charge in [-0.05, 0) is 11.6 Å². The van der Waals surface area contributed by atoms with Crippen LogP contribution >= 0.6 is 0 Å². The maximum Gasteiger partial charge on any atom is 0.372 e. The van der Waals surface area contributed by atoms with E-state index >= 15 is 0 Å². The van der Waals surface area contributed by atoms with Gasteiger partial charge in [0, 0.05) is 32.6 Å². The molecule has 0 aromatic rings. The summed E-state index contributed by atoms with van der Waals surface area (Å²) in [6, 6.07) is -2.35. The first-order valence-electron chi connectivity index (χ1n) is 9.26. The van der Waals surface area contributed by atoms with Crippen molar-refractivity contribution in [1.29, 1.82) is 0 Å². The molecule has 14 nitrogen and oxygen atoms in total. The molecule has 0 saturated carbocycles. The van der Waals surface area contributed by atoms with Crippen LogP contribution in [0.1, 0.15) is 27.7 Å². The zero-order valence-corrected chi connectivity index (χ0v) is 18.1. The largest absolute Gasteiger partial charge is 0.477 e. The lowest BCUT2D eigenvalue weighted by Crippen LogP contribution is -2.61. The molecule has 0 radical (unpaired) electrons. The third-order valence-corrected chi connectivity index (χ3v) is 4.01. The van der Waals surface area contributed by atoms with E-state index in [1.165, 1.54) is 6.92 Å². The van der Waals surface area contributed by atoms with Crippen LogP contribution in [0.4, 0.5) is 0 Å². The summed E-state index contributed by atoms with van der Waals surface area (Å²) in [5, 5.41) is 6.07. The molecule has 14 heteroatoms. The van der Waals surface area contributed by atoms with Gasteiger partial charge >= 0.3 is 23.9 Å². The number of carbonyl (C=O) groups is 5. The number of ether oxygens (including phenoxy) is 5. The maximum absolute atomic E-state index is 12.1. The van der Waals surface area contributed by atoms with Gasteiger partial charge < -0.3 is 29.0 Å². The van der Waals surface area contributed by atoms with Crippen molar-refractivity contribution in [1.82, 2.24) is 5.32 Å². The molecular weight excluding hydrogens is 432 g/mol. The molecule has 1 heterocycles. The Kier molecular flexibility index (Phi) is 9.96. The predicted octanol–water partition coefficient (Wildman–Crippen LogP) is 0.0522. The number of nitrogens with zero attached hydrogens (tertiary/aromatic N) is 3. The van der Waals surface area contributed by atoms with Crippen LogP contribution in [0.2, 0.25) is 0 Å². The van der Waals surface area contributed by atoms with Gasteiger partial charge in [-0.1, -0.05) is 5.11 Å². The van der Waals surface area contributed by atoms with E-state index in [-0.39, 0.29) is 0 Å². The SMILES string of the molecule is COC(=O)C1=C[C@H](N=[N+]=[N-])[C@@H](NC(C)=O)[C@H]([C@@H](OC(C)=O)[C@H](COC(C)=O)OC(C)=O)O1. The smallest absolute Gasteiger partial charge is 0.372 e. The monoisotopic (exact) mass is 456 g/mol. The van der Waals surface area contributed by atoms with E-state index < -0.39 is 72.5 Å². The average molecular weight is 456 g/mol. The third-order valence-electron chi connectivity index (χ3n) is 4.01. The number of hydrogen-bond acceptors (Lipinski definition) is 11. The quantitative estimate of drug-likeness (QED) is 0.163. The molecule has 0 unspecified atom stereocenters. The molecule has 1 aliphatic rings. The average Bonchev–Trinajstić information content (AvgIpc) is 2.69. The van der Waals surface area contributed by atoms with E-state index in [1.807, 2.05) is 0 Å². The zero-order valence-electron chi connectivity index (χ0n) is 18.1. The van der Waals surface area contributed by atoms with Crippen LogP contribution in [0.5, 0.6) is 0 Å². The van der Waals surface area contributed by atoms with Crippen LogP contribution in [-0.4, -0.2) is 73.9 Å². The number of carbonyl (C=O) groups excluding carboxylic acids is 5. The van der Waals surface area contributed by atoms with Gasteiger partial charge in [-0.15, -0.1) is 0 Å². The summed E-state index contributed by atoms with van der Waals surface area (Å²) >= 11 is 0. The lowest BCUT2D eigenvalue weighted by molar-refractivity contribution is -0.187. The number of azide groups is 1. The predicted molar refractivity (Wildman–Crippen MR) is 103 cm³/mol. The molecule has 0 fully saturated rings. The highest BCUT2D eigenvalue weighted by molar-refractivity contribution is 5.86. The molecule has 176 valence electrons. The van der Waals surface area contributed by atoms with Gasteiger partial charge in [0.15, 0.2) is 18.3 Å². The highest BCUT2D eigenvalue weighted by Gasteiger charge is 2.47. The summed E-state index contributed by atoms with van der Waals surface area (Å²) in [6.45, 7) is 3.87. The number of rotatable bonds is 9. The number of amides is 1. The molecule has 1 aliphatic heterocycles. The van der Waals surface area contributed by atoms with Crippen molar-refractivity contribution in [2.24, 2.45) is 5.11 Å². The minimum Gasteiger partial charge on any atom is -0.477 e. The Hall–Kier alpha value is -3.80. The van der Waals surface area contributed by atoms with Gasteiger partial charge in [0.05, 0.1) is 19.2 Å². The fourth-order valence-electron chi connectivity index (χ4n) is 2.92. The van der Waals surface area contributed by atoms with Crippen molar-refractivity contribution >= 4 is 29.8 Å². The molecule has 0 bridgehead atoms. The highest BCUT2D eigenvalue weighted by Crippen LogP contribution is 2.28. The summed E-state index contributed by atoms with van der Waals surface area (Å²) < 4.78 is 25.6. The number of methoxy groups -OCH3 is 1. The van der Waals surface area contributed by atoms with Crippen molar-refractivity contribution in [3.05, 3.63) is 22.3 Å². The molecule has 0 saturated heterocycles. The first kappa shape index (κ1) is 26.2. The van der Waals surface area contributed by atoms with Crippen molar-refractivity contribution in [3.63, 3.8) is 0 Å². The molecule has 1 amide bonds. The molecule has 5 atom stereocenters. The van der Waals surface area contributed by atoms with Gasteiger partial charge in [-0.2, -0.15) is 0 Å². The van der Waals surface area contributed by atoms with Crippen LogP contribution in [0.15, 0.2) is 16.9 Å². The van der Waals surface area contributed by atoms with Crippen molar-refractivity contribution < 1.29 is 47.7 Å². The molecule has 0 aromatic carbocycles. The third kappa shape index (κ3) is 7.80. The van der Waals surface area contributed by atoms with E-state index in [2.05, 4.69) is 20.1 Å². The Morgan fingerprint density at radius 1 is 1.12 bits per heavy atom. The maximum atomic E-state index is 12.1. The van der Waals surface area contributed by atoms with Crippen LogP contribution in [0.25, 0.3) is 10.4 Å². The Balaban J connectivity index is 3.57. The van der Waals surface area contributed by atoms with Crippen LogP contribution in [0.3, 0.4) is 0 Å². The van der Waals surface area contributed by atoms with Crippen LogP contribution < -0.4 is 5.32 Å². The topological polar surface area (TPSA) is 192 Å². The second kappa shape index (κ2) is 12.2. The minimum absolute atomic E-state index is 0.400. The Bertz CT molecular complexity index is 836. The molecule has 0 spiro atoms. The van der Waals surface area contributed by atoms with Gasteiger partial charge in [-0.25, -0.2) is 4.79 Å². The Labute approximate surface area is 182 Å². The fourth-order valence-corrected chi connectivity index (χ4v) is 2.92. The molecule has 32 heavy (non-hydrogen) atoms. The number of hydrogen-bond donors (Lipinski definition) is 1. The minimum atomic E-state index is -1.50. The number of esters is 4. The molecule has 1 N–H and O–H groups in total. The van der Waals surface area contributed by atoms with Crippen molar-refractivity contribution in [2.45, 2.75) is 58.1 Å². The number of nitrogens with one attached hydrogen (secondary N) is 1. The van der Waals surface area contributed by atoms with E-state index in [1.54, 1.807) is 0 Å². The summed E-state index contributed by atoms with van der Waals surface area (Å²) in [6.07, 6.45) is -3.19. The zero-order chi connectivity index (χ0) is 24.4. The van der Waals surface area contributed by atoms with Crippen molar-refractivity contribution in [3.8, 4) is 0 Å². The summed E-state index contributed by atoms with van der Waals surface area (Å²) in [5.74, 6) is -4.27. The van der Waals surface area contributed by atoms with Gasteiger partial charge in [-0.3, -0.25) is 19.2 Å². The van der Waals surface area contributed by atoms with E-state index in [0.717, 1.165) is 34.0 Å². The highest BCUT2D eigenvalue weighted by atomic mass is 16.6. The summed E-state index contributed by atoms with van der Waals surface area (Å²) in [5.41, 5.74) is 8.94. The second-order valence-electron chi connectivity index (χ2n) is 6.55.